The molecule has 4 aliphatic carbocycles. The summed E-state index contributed by atoms with van der Waals surface area (Å²) < 4.78 is 11.3. The molecule has 0 aromatic carbocycles. The summed E-state index contributed by atoms with van der Waals surface area (Å²) in [5, 5.41) is 49.2. The van der Waals surface area contributed by atoms with Gasteiger partial charge < -0.3 is 35.0 Å². The van der Waals surface area contributed by atoms with Crippen molar-refractivity contribution in [2.45, 2.75) is 102 Å². The molecule has 5 N–H and O–H groups in total. The van der Waals surface area contributed by atoms with E-state index in [1.807, 2.05) is 0 Å². The van der Waals surface area contributed by atoms with Gasteiger partial charge in [-0.2, -0.15) is 0 Å². The summed E-state index contributed by atoms with van der Waals surface area (Å²) in [6.45, 7) is 3.80. The van der Waals surface area contributed by atoms with Gasteiger partial charge in [0.1, 0.15) is 30.7 Å². The lowest BCUT2D eigenvalue weighted by Crippen LogP contribution is -2.61. The molecule has 4 saturated carbocycles. The van der Waals surface area contributed by atoms with E-state index in [4.69, 9.17) is 9.47 Å². The van der Waals surface area contributed by atoms with E-state index in [9.17, 15) is 39.9 Å². The number of ether oxygens (including phenoxy) is 2. The van der Waals surface area contributed by atoms with Crippen molar-refractivity contribution in [3.63, 3.8) is 0 Å². The van der Waals surface area contributed by atoms with Crippen molar-refractivity contribution in [1.29, 1.82) is 0 Å². The van der Waals surface area contributed by atoms with Crippen LogP contribution in [-0.4, -0.2) is 86.5 Å². The predicted octanol–water partition coefficient (Wildman–Crippen LogP) is 0.663. The molecule has 0 amide bonds. The number of carboxylic acid groups (broad SMARTS) is 1. The molecule has 5 rings (SSSR count). The molecule has 13 atom stereocenters. The molecule has 5 aliphatic rings. The molecule has 208 valence electrons. The molecule has 0 aromatic heterocycles. The first-order chi connectivity index (χ1) is 17.4. The highest BCUT2D eigenvalue weighted by atomic mass is 16.7. The molecule has 5 fully saturated rings. The second-order valence-corrected chi connectivity index (χ2v) is 12.7. The molecule has 1 heterocycles. The molecule has 10 heteroatoms. The minimum Gasteiger partial charge on any atom is -0.479 e. The van der Waals surface area contributed by atoms with Gasteiger partial charge in [0.2, 0.25) is 0 Å². The summed E-state index contributed by atoms with van der Waals surface area (Å²) in [5.41, 5.74) is -0.603. The zero-order valence-corrected chi connectivity index (χ0v) is 21.5. The Kier molecular flexibility index (Phi) is 7.07. The SMILES string of the molecule is C[C@]12CC[C@@H](O[C@@H]3O[C@H](C(=O)O)[C@@H](O)[C@H](O)[C@H]3O)C[C@@H]1CC[C@H]1[C@@H]3CC[C@H](C(=O)CO)[C@@]3(C)CC(=O)[C@@H]12. The number of aliphatic hydroxyl groups is 4. The summed E-state index contributed by atoms with van der Waals surface area (Å²) in [6.07, 6.45) is -2.70. The number of carbonyl (C=O) groups is 3. The van der Waals surface area contributed by atoms with Gasteiger partial charge in [-0.15, -0.1) is 0 Å². The zero-order valence-electron chi connectivity index (χ0n) is 21.5. The molecule has 1 saturated heterocycles. The molecule has 37 heavy (non-hydrogen) atoms. The highest BCUT2D eigenvalue weighted by molar-refractivity contribution is 5.88. The first-order valence-electron chi connectivity index (χ1n) is 13.7. The summed E-state index contributed by atoms with van der Waals surface area (Å²) in [4.78, 5) is 37.7. The first-order valence-corrected chi connectivity index (χ1v) is 13.7. The standard InChI is InChI=1S/C27H40O10/c1-26-8-7-13(36-25-22(33)20(31)21(32)23(37-25)24(34)35)9-12(26)3-4-14-15-5-6-16(18(30)11-28)27(15,2)10-17(29)19(14)26/h12-16,19-23,25,28,31-33H,3-11H2,1-2H3,(H,34,35)/t12-,13+,14-,15-,16+,19+,20-,21-,22+,23-,25+,26-,27-/m0/s1. The highest BCUT2D eigenvalue weighted by Crippen LogP contribution is 2.66. The van der Waals surface area contributed by atoms with Gasteiger partial charge >= 0.3 is 5.97 Å². The van der Waals surface area contributed by atoms with E-state index in [-0.39, 0.29) is 58.1 Å². The molecule has 0 radical (unpaired) electrons. The van der Waals surface area contributed by atoms with Gasteiger partial charge in [-0.05, 0) is 73.5 Å². The summed E-state index contributed by atoms with van der Waals surface area (Å²) in [5.74, 6) is -1.01. The van der Waals surface area contributed by atoms with Crippen molar-refractivity contribution in [3.8, 4) is 0 Å². The fourth-order valence-corrected chi connectivity index (χ4v) is 9.15. The van der Waals surface area contributed by atoms with Gasteiger partial charge in [0.15, 0.2) is 18.2 Å². The van der Waals surface area contributed by atoms with Crippen molar-refractivity contribution in [2.24, 2.45) is 40.4 Å². The maximum atomic E-state index is 13.7. The third-order valence-electron chi connectivity index (χ3n) is 11.0. The van der Waals surface area contributed by atoms with Crippen LogP contribution in [0.15, 0.2) is 0 Å². The van der Waals surface area contributed by atoms with E-state index in [1.165, 1.54) is 0 Å². The van der Waals surface area contributed by atoms with Gasteiger partial charge in [0.05, 0.1) is 6.10 Å². The van der Waals surface area contributed by atoms with Crippen molar-refractivity contribution < 1.29 is 49.4 Å². The number of carboxylic acids is 1. The van der Waals surface area contributed by atoms with E-state index >= 15 is 0 Å². The van der Waals surface area contributed by atoms with E-state index in [2.05, 4.69) is 13.8 Å². The molecule has 10 nitrogen and oxygen atoms in total. The van der Waals surface area contributed by atoms with Crippen LogP contribution in [0.25, 0.3) is 0 Å². The van der Waals surface area contributed by atoms with Crippen molar-refractivity contribution >= 4 is 17.5 Å². The van der Waals surface area contributed by atoms with E-state index in [0.717, 1.165) is 32.1 Å². The molecule has 0 bridgehead atoms. The Morgan fingerprint density at radius 3 is 2.41 bits per heavy atom. The Morgan fingerprint density at radius 1 is 1.00 bits per heavy atom. The Labute approximate surface area is 216 Å². The molecule has 0 unspecified atom stereocenters. The average molecular weight is 525 g/mol. The number of fused-ring (bicyclic) bond motifs is 5. The molecule has 1 aliphatic heterocycles. The van der Waals surface area contributed by atoms with E-state index in [0.29, 0.717) is 19.3 Å². The maximum Gasteiger partial charge on any atom is 0.335 e. The number of Topliss-reactive ketones (excluding diaryl/α,β-unsaturated/α-hetero) is 2. The Morgan fingerprint density at radius 2 is 1.73 bits per heavy atom. The fraction of sp³-hybridized carbons (Fsp3) is 0.889. The van der Waals surface area contributed by atoms with Gasteiger partial charge in [0.25, 0.3) is 0 Å². The van der Waals surface area contributed by atoms with Crippen LogP contribution in [0, 0.1) is 40.4 Å². The van der Waals surface area contributed by atoms with Crippen LogP contribution >= 0.6 is 0 Å². The molecular weight excluding hydrogens is 484 g/mol. The molecule has 0 aromatic rings. The van der Waals surface area contributed by atoms with Crippen molar-refractivity contribution in [1.82, 2.24) is 0 Å². The maximum absolute atomic E-state index is 13.7. The van der Waals surface area contributed by atoms with Crippen LogP contribution in [0.5, 0.6) is 0 Å². The number of rotatable bonds is 5. The van der Waals surface area contributed by atoms with Gasteiger partial charge in [-0.25, -0.2) is 4.79 Å². The molecular formula is C27H40O10. The second-order valence-electron chi connectivity index (χ2n) is 12.7. The third kappa shape index (κ3) is 4.19. The largest absolute Gasteiger partial charge is 0.479 e. The third-order valence-corrected chi connectivity index (χ3v) is 11.0. The van der Waals surface area contributed by atoms with Crippen LogP contribution in [0.4, 0.5) is 0 Å². The van der Waals surface area contributed by atoms with E-state index < -0.39 is 43.3 Å². The van der Waals surface area contributed by atoms with Crippen molar-refractivity contribution in [2.75, 3.05) is 6.61 Å². The van der Waals surface area contributed by atoms with Crippen LogP contribution < -0.4 is 0 Å². The Bertz CT molecular complexity index is 938. The fourth-order valence-electron chi connectivity index (χ4n) is 9.15. The molecule has 0 spiro atoms. The summed E-state index contributed by atoms with van der Waals surface area (Å²) in [6, 6.07) is 0. The number of aliphatic carboxylic acids is 1. The average Bonchev–Trinajstić information content (AvgIpc) is 3.19. The summed E-state index contributed by atoms with van der Waals surface area (Å²) in [7, 11) is 0. The topological polar surface area (TPSA) is 171 Å². The number of carbonyl (C=O) groups excluding carboxylic acids is 2. The Balaban J connectivity index is 1.29. The minimum atomic E-state index is -1.76. The number of hydrogen-bond acceptors (Lipinski definition) is 9. The van der Waals surface area contributed by atoms with Crippen LogP contribution in [0.2, 0.25) is 0 Å². The van der Waals surface area contributed by atoms with Gasteiger partial charge in [-0.3, -0.25) is 9.59 Å². The highest BCUT2D eigenvalue weighted by Gasteiger charge is 2.64. The first kappa shape index (κ1) is 27.1. The Hall–Kier alpha value is -1.43. The summed E-state index contributed by atoms with van der Waals surface area (Å²) >= 11 is 0. The smallest absolute Gasteiger partial charge is 0.335 e. The zero-order chi connectivity index (χ0) is 26.9. The van der Waals surface area contributed by atoms with E-state index in [1.54, 1.807) is 0 Å². The minimum absolute atomic E-state index is 0.0851. The second kappa shape index (κ2) is 9.64. The number of hydrogen-bond donors (Lipinski definition) is 5. The normalized spacial score (nSPS) is 51.6. The van der Waals surface area contributed by atoms with Crippen molar-refractivity contribution in [3.05, 3.63) is 0 Å². The van der Waals surface area contributed by atoms with Gasteiger partial charge in [0, 0.05) is 18.3 Å². The lowest BCUT2D eigenvalue weighted by atomic mass is 9.44. The van der Waals surface area contributed by atoms with Gasteiger partial charge in [-0.1, -0.05) is 13.8 Å². The van der Waals surface area contributed by atoms with Crippen LogP contribution in [-0.2, 0) is 23.9 Å². The number of ketones is 2. The van der Waals surface area contributed by atoms with Crippen LogP contribution in [0.3, 0.4) is 0 Å². The van der Waals surface area contributed by atoms with Crippen LogP contribution in [0.1, 0.15) is 65.2 Å². The number of aliphatic hydroxyl groups excluding tert-OH is 4. The monoisotopic (exact) mass is 524 g/mol. The quantitative estimate of drug-likeness (QED) is 0.322. The predicted molar refractivity (Wildman–Crippen MR) is 127 cm³/mol. The lowest BCUT2D eigenvalue weighted by molar-refractivity contribution is -0.309. The lowest BCUT2D eigenvalue weighted by Gasteiger charge is -2.60.